The zero-order chi connectivity index (χ0) is 23.6. The van der Waals surface area contributed by atoms with Crippen molar-refractivity contribution in [1.29, 1.82) is 0 Å². The van der Waals surface area contributed by atoms with Crippen molar-refractivity contribution in [1.82, 2.24) is 0 Å². The molecule has 1 aliphatic carbocycles. The SMILES string of the molecule is CC1COC(CCC2CC=C(c3ccc4c(F)c(C#CC(F)(F)F)c(F)cc4c3)CC2)OC1. The lowest BCUT2D eigenvalue weighted by molar-refractivity contribution is -0.201. The number of hydrogen-bond donors (Lipinski definition) is 0. The van der Waals surface area contributed by atoms with Crippen LogP contribution >= 0.6 is 0 Å². The van der Waals surface area contributed by atoms with Gasteiger partial charge in [-0.05, 0) is 66.7 Å². The molecule has 2 nitrogen and oxygen atoms in total. The summed E-state index contributed by atoms with van der Waals surface area (Å²) >= 11 is 0. The molecule has 4 rings (SSSR count). The Labute approximate surface area is 189 Å². The van der Waals surface area contributed by atoms with Gasteiger partial charge in [0, 0.05) is 17.2 Å². The van der Waals surface area contributed by atoms with Crippen LogP contribution in [0.5, 0.6) is 0 Å². The summed E-state index contributed by atoms with van der Waals surface area (Å²) in [4.78, 5) is 0. The normalized spacial score (nSPS) is 23.7. The third-order valence-corrected chi connectivity index (χ3v) is 6.19. The topological polar surface area (TPSA) is 18.5 Å². The van der Waals surface area contributed by atoms with E-state index in [1.54, 1.807) is 18.1 Å². The van der Waals surface area contributed by atoms with E-state index in [4.69, 9.17) is 9.47 Å². The van der Waals surface area contributed by atoms with Gasteiger partial charge in [-0.25, -0.2) is 8.78 Å². The maximum Gasteiger partial charge on any atom is 0.458 e. The van der Waals surface area contributed by atoms with Crippen LogP contribution in [0.3, 0.4) is 0 Å². The molecular formula is C26H25F5O2. The van der Waals surface area contributed by atoms with Crippen LogP contribution in [0, 0.1) is 35.3 Å². The quantitative estimate of drug-likeness (QED) is 0.358. The summed E-state index contributed by atoms with van der Waals surface area (Å²) in [6, 6.07) is 5.92. The van der Waals surface area contributed by atoms with E-state index in [0.29, 0.717) is 17.2 Å². The van der Waals surface area contributed by atoms with Crippen molar-refractivity contribution in [2.45, 2.75) is 51.5 Å². The minimum absolute atomic E-state index is 0.0442. The van der Waals surface area contributed by atoms with Crippen molar-refractivity contribution in [2.75, 3.05) is 13.2 Å². The van der Waals surface area contributed by atoms with E-state index < -0.39 is 23.4 Å². The summed E-state index contributed by atoms with van der Waals surface area (Å²) in [5, 5.41) is 0.339. The van der Waals surface area contributed by atoms with Gasteiger partial charge in [0.15, 0.2) is 6.29 Å². The zero-order valence-corrected chi connectivity index (χ0v) is 18.3. The number of hydrogen-bond acceptors (Lipinski definition) is 2. The molecule has 33 heavy (non-hydrogen) atoms. The summed E-state index contributed by atoms with van der Waals surface area (Å²) in [5.41, 5.74) is 1.10. The van der Waals surface area contributed by atoms with Gasteiger partial charge in [-0.15, -0.1) is 0 Å². The van der Waals surface area contributed by atoms with Gasteiger partial charge in [0.25, 0.3) is 0 Å². The van der Waals surface area contributed by atoms with Crippen molar-refractivity contribution in [3.05, 3.63) is 53.1 Å². The van der Waals surface area contributed by atoms with E-state index in [2.05, 4.69) is 13.0 Å². The second kappa shape index (κ2) is 9.82. The predicted molar refractivity (Wildman–Crippen MR) is 116 cm³/mol. The first kappa shape index (κ1) is 23.7. The van der Waals surface area contributed by atoms with Crippen LogP contribution < -0.4 is 0 Å². The molecule has 1 fully saturated rings. The Morgan fingerprint density at radius 2 is 1.82 bits per heavy atom. The number of benzene rings is 2. The number of ether oxygens (including phenoxy) is 2. The van der Waals surface area contributed by atoms with Crippen LogP contribution in [0.15, 0.2) is 30.3 Å². The lowest BCUT2D eigenvalue weighted by atomic mass is 9.83. The molecule has 0 amide bonds. The monoisotopic (exact) mass is 464 g/mol. The van der Waals surface area contributed by atoms with E-state index in [9.17, 15) is 22.0 Å². The van der Waals surface area contributed by atoms with Gasteiger partial charge in [-0.3, -0.25) is 0 Å². The number of allylic oxidation sites excluding steroid dienone is 2. The lowest BCUT2D eigenvalue weighted by Gasteiger charge is -2.29. The molecule has 2 aromatic carbocycles. The van der Waals surface area contributed by atoms with Gasteiger partial charge in [0.05, 0.1) is 18.8 Å². The minimum atomic E-state index is -4.82. The molecule has 176 valence electrons. The first-order valence-electron chi connectivity index (χ1n) is 11.1. The number of rotatable bonds is 4. The van der Waals surface area contributed by atoms with E-state index in [1.165, 1.54) is 6.07 Å². The highest BCUT2D eigenvalue weighted by molar-refractivity contribution is 5.88. The summed E-state index contributed by atoms with van der Waals surface area (Å²) in [5.74, 6) is 1.30. The Balaban J connectivity index is 1.45. The number of alkyl halides is 3. The van der Waals surface area contributed by atoms with Crippen molar-refractivity contribution >= 4 is 16.3 Å². The molecule has 1 saturated heterocycles. The van der Waals surface area contributed by atoms with E-state index in [-0.39, 0.29) is 11.7 Å². The van der Waals surface area contributed by atoms with Crippen LogP contribution in [-0.2, 0) is 9.47 Å². The summed E-state index contributed by atoms with van der Waals surface area (Å²) in [6.45, 7) is 3.57. The van der Waals surface area contributed by atoms with Crippen molar-refractivity contribution in [2.24, 2.45) is 11.8 Å². The Morgan fingerprint density at radius 3 is 2.48 bits per heavy atom. The molecule has 0 N–H and O–H groups in total. The second-order valence-electron chi connectivity index (χ2n) is 8.88. The fourth-order valence-corrected chi connectivity index (χ4v) is 4.37. The van der Waals surface area contributed by atoms with Crippen LogP contribution in [-0.4, -0.2) is 25.7 Å². The molecule has 2 aromatic rings. The summed E-state index contributed by atoms with van der Waals surface area (Å²) < 4.78 is 77.3. The number of halogens is 5. The third kappa shape index (κ3) is 5.93. The Kier molecular flexibility index (Phi) is 7.06. The first-order chi connectivity index (χ1) is 15.7. The average Bonchev–Trinajstić information content (AvgIpc) is 2.78. The highest BCUT2D eigenvalue weighted by Crippen LogP contribution is 2.35. The van der Waals surface area contributed by atoms with Gasteiger partial charge in [-0.1, -0.05) is 31.1 Å². The molecule has 1 heterocycles. The third-order valence-electron chi connectivity index (χ3n) is 6.19. The zero-order valence-electron chi connectivity index (χ0n) is 18.3. The lowest BCUT2D eigenvalue weighted by Crippen LogP contribution is -2.30. The molecule has 1 unspecified atom stereocenters. The molecule has 1 atom stereocenters. The highest BCUT2D eigenvalue weighted by Gasteiger charge is 2.24. The molecule has 0 saturated carbocycles. The summed E-state index contributed by atoms with van der Waals surface area (Å²) in [6.07, 6.45) is 1.86. The molecule has 0 radical (unpaired) electrons. The van der Waals surface area contributed by atoms with Gasteiger partial charge >= 0.3 is 6.18 Å². The van der Waals surface area contributed by atoms with Gasteiger partial charge in [-0.2, -0.15) is 13.2 Å². The standard InChI is InChI=1S/C26H25F5O2/c1-16-14-32-24(33-15-16)9-4-17-2-5-18(6-3-17)19-7-8-21-20(12-19)13-23(27)22(25(21)28)10-11-26(29,30)31/h5,7-8,12-13,16-17,24H,2-4,6,9,14-15H2,1H3. The molecule has 1 aliphatic heterocycles. The Bertz CT molecular complexity index is 1100. The van der Waals surface area contributed by atoms with Crippen LogP contribution in [0.4, 0.5) is 22.0 Å². The van der Waals surface area contributed by atoms with Crippen molar-refractivity contribution in [3.8, 4) is 11.8 Å². The first-order valence-corrected chi connectivity index (χ1v) is 11.1. The molecule has 0 bridgehead atoms. The van der Waals surface area contributed by atoms with Crippen LogP contribution in [0.25, 0.3) is 16.3 Å². The summed E-state index contributed by atoms with van der Waals surface area (Å²) in [7, 11) is 0. The van der Waals surface area contributed by atoms with Gasteiger partial charge in [0.1, 0.15) is 11.6 Å². The van der Waals surface area contributed by atoms with Crippen LogP contribution in [0.2, 0.25) is 0 Å². The maximum atomic E-state index is 14.6. The largest absolute Gasteiger partial charge is 0.458 e. The Morgan fingerprint density at radius 1 is 1.06 bits per heavy atom. The van der Waals surface area contributed by atoms with Crippen molar-refractivity contribution < 1.29 is 31.4 Å². The molecule has 2 aliphatic rings. The number of fused-ring (bicyclic) bond motifs is 1. The Hall–Kier alpha value is -2.43. The highest BCUT2D eigenvalue weighted by atomic mass is 19.4. The molecule has 7 heteroatoms. The molecular weight excluding hydrogens is 439 g/mol. The maximum absolute atomic E-state index is 14.6. The minimum Gasteiger partial charge on any atom is -0.352 e. The predicted octanol–water partition coefficient (Wildman–Crippen LogP) is 7.00. The van der Waals surface area contributed by atoms with Crippen LogP contribution in [0.1, 0.15) is 50.2 Å². The second-order valence-corrected chi connectivity index (χ2v) is 8.88. The van der Waals surface area contributed by atoms with E-state index >= 15 is 0 Å². The fraction of sp³-hybridized carbons (Fsp3) is 0.462. The average molecular weight is 464 g/mol. The van der Waals surface area contributed by atoms with Crippen molar-refractivity contribution in [3.63, 3.8) is 0 Å². The van der Waals surface area contributed by atoms with Gasteiger partial charge in [0.2, 0.25) is 0 Å². The molecule has 0 spiro atoms. The fourth-order valence-electron chi connectivity index (χ4n) is 4.37. The van der Waals surface area contributed by atoms with E-state index in [0.717, 1.165) is 68.4 Å². The molecule has 0 aromatic heterocycles. The van der Waals surface area contributed by atoms with Gasteiger partial charge < -0.3 is 9.47 Å². The smallest absolute Gasteiger partial charge is 0.352 e. The van der Waals surface area contributed by atoms with E-state index in [1.807, 2.05) is 0 Å².